The van der Waals surface area contributed by atoms with Crippen molar-refractivity contribution in [2.75, 3.05) is 0 Å². The van der Waals surface area contributed by atoms with Crippen molar-refractivity contribution in [3.63, 3.8) is 0 Å². The summed E-state index contributed by atoms with van der Waals surface area (Å²) in [5.74, 6) is 0.777. The predicted molar refractivity (Wildman–Crippen MR) is 76.5 cm³/mol. The van der Waals surface area contributed by atoms with E-state index in [2.05, 4.69) is 15.9 Å². The van der Waals surface area contributed by atoms with E-state index in [0.717, 1.165) is 17.3 Å². The summed E-state index contributed by atoms with van der Waals surface area (Å²) in [4.78, 5) is 13.5. The third-order valence-corrected chi connectivity index (χ3v) is 5.51. The Labute approximate surface area is 116 Å². The Hall–Kier alpha value is -0.150. The van der Waals surface area contributed by atoms with E-state index in [1.54, 1.807) is 11.3 Å². The fourth-order valence-electron chi connectivity index (χ4n) is 2.53. The van der Waals surface area contributed by atoms with Crippen LogP contribution in [0.25, 0.3) is 0 Å². The SMILES string of the molecule is O=C(Cc1sccc1Br)C1CCCCCCC1. The highest BCUT2D eigenvalue weighted by Crippen LogP contribution is 2.28. The number of halogens is 1. The zero-order valence-corrected chi connectivity index (χ0v) is 12.5. The first-order chi connectivity index (χ1) is 8.27. The molecule has 94 valence electrons. The van der Waals surface area contributed by atoms with Gasteiger partial charge < -0.3 is 0 Å². The van der Waals surface area contributed by atoms with Crippen molar-refractivity contribution in [2.45, 2.75) is 51.4 Å². The molecule has 0 atom stereocenters. The highest BCUT2D eigenvalue weighted by molar-refractivity contribution is 9.10. The van der Waals surface area contributed by atoms with Gasteiger partial charge in [-0.25, -0.2) is 0 Å². The lowest BCUT2D eigenvalue weighted by molar-refractivity contribution is -0.122. The highest BCUT2D eigenvalue weighted by Gasteiger charge is 2.20. The molecule has 1 heterocycles. The second-order valence-corrected chi connectivity index (χ2v) is 6.73. The molecule has 1 saturated carbocycles. The van der Waals surface area contributed by atoms with Crippen LogP contribution in [0, 0.1) is 5.92 Å². The van der Waals surface area contributed by atoms with E-state index in [1.165, 1.54) is 37.0 Å². The molecule has 0 bridgehead atoms. The van der Waals surface area contributed by atoms with Gasteiger partial charge in [0.25, 0.3) is 0 Å². The number of carbonyl (C=O) groups excluding carboxylic acids is 1. The van der Waals surface area contributed by atoms with Crippen molar-refractivity contribution in [3.8, 4) is 0 Å². The molecule has 2 rings (SSSR count). The standard InChI is InChI=1S/C14H19BrOS/c15-12-8-9-17-14(12)10-13(16)11-6-4-2-1-3-5-7-11/h8-9,11H,1-7,10H2. The number of hydrogen-bond donors (Lipinski definition) is 0. The van der Waals surface area contributed by atoms with Gasteiger partial charge in [-0.3, -0.25) is 4.79 Å². The maximum absolute atomic E-state index is 12.3. The van der Waals surface area contributed by atoms with Crippen molar-refractivity contribution < 1.29 is 4.79 Å². The van der Waals surface area contributed by atoms with Gasteiger partial charge in [0.2, 0.25) is 0 Å². The molecule has 1 aromatic heterocycles. The van der Waals surface area contributed by atoms with Crippen LogP contribution in [0.1, 0.15) is 49.8 Å². The van der Waals surface area contributed by atoms with Gasteiger partial charge in [0.15, 0.2) is 0 Å². The molecule has 0 aromatic carbocycles. The van der Waals surface area contributed by atoms with Crippen molar-refractivity contribution in [1.82, 2.24) is 0 Å². The summed E-state index contributed by atoms with van der Waals surface area (Å²) >= 11 is 5.19. The van der Waals surface area contributed by atoms with Crippen LogP contribution in [-0.4, -0.2) is 5.78 Å². The Balaban J connectivity index is 1.91. The van der Waals surface area contributed by atoms with Crippen LogP contribution in [0.3, 0.4) is 0 Å². The molecule has 1 nitrogen and oxygen atoms in total. The predicted octanol–water partition coefficient (Wildman–Crippen LogP) is 4.98. The lowest BCUT2D eigenvalue weighted by atomic mass is 9.87. The summed E-state index contributed by atoms with van der Waals surface area (Å²) < 4.78 is 1.10. The molecule has 1 aromatic rings. The minimum Gasteiger partial charge on any atom is -0.299 e. The average molecular weight is 315 g/mol. The van der Waals surface area contributed by atoms with Crippen LogP contribution in [0.4, 0.5) is 0 Å². The van der Waals surface area contributed by atoms with Crippen molar-refractivity contribution in [2.24, 2.45) is 5.92 Å². The maximum Gasteiger partial charge on any atom is 0.141 e. The zero-order valence-electron chi connectivity index (χ0n) is 10.1. The van der Waals surface area contributed by atoms with E-state index < -0.39 is 0 Å². The molecule has 1 aliphatic rings. The fraction of sp³-hybridized carbons (Fsp3) is 0.643. The lowest BCUT2D eigenvalue weighted by Crippen LogP contribution is -2.17. The van der Waals surface area contributed by atoms with Crippen LogP contribution in [0.15, 0.2) is 15.9 Å². The molecule has 0 amide bonds. The zero-order chi connectivity index (χ0) is 12.1. The van der Waals surface area contributed by atoms with Gasteiger partial charge in [-0.2, -0.15) is 0 Å². The molecule has 0 aliphatic heterocycles. The van der Waals surface area contributed by atoms with Gasteiger partial charge in [0.05, 0.1) is 0 Å². The van der Waals surface area contributed by atoms with Crippen LogP contribution in [0.5, 0.6) is 0 Å². The summed E-state index contributed by atoms with van der Waals surface area (Å²) in [5.41, 5.74) is 0. The van der Waals surface area contributed by atoms with E-state index >= 15 is 0 Å². The third-order valence-electron chi connectivity index (χ3n) is 3.59. The van der Waals surface area contributed by atoms with Crippen molar-refractivity contribution >= 4 is 33.0 Å². The van der Waals surface area contributed by atoms with Crippen LogP contribution >= 0.6 is 27.3 Å². The highest BCUT2D eigenvalue weighted by atomic mass is 79.9. The average Bonchev–Trinajstić information content (AvgIpc) is 2.63. The summed E-state index contributed by atoms with van der Waals surface area (Å²) in [6.45, 7) is 0. The number of thiophene rings is 1. The van der Waals surface area contributed by atoms with Gasteiger partial charge in [-0.15, -0.1) is 11.3 Å². The van der Waals surface area contributed by atoms with E-state index in [0.29, 0.717) is 18.1 Å². The van der Waals surface area contributed by atoms with Gasteiger partial charge in [-0.1, -0.05) is 32.1 Å². The molecule has 1 aliphatic carbocycles. The van der Waals surface area contributed by atoms with Gasteiger partial charge in [-0.05, 0) is 40.2 Å². The molecule has 0 spiro atoms. The summed E-state index contributed by atoms with van der Waals surface area (Å²) in [6, 6.07) is 2.03. The Morgan fingerprint density at radius 1 is 1.24 bits per heavy atom. The Morgan fingerprint density at radius 2 is 1.88 bits per heavy atom. The molecular formula is C14H19BrOS. The van der Waals surface area contributed by atoms with E-state index in [4.69, 9.17) is 0 Å². The lowest BCUT2D eigenvalue weighted by Gasteiger charge is -2.18. The second-order valence-electron chi connectivity index (χ2n) is 4.88. The number of carbonyl (C=O) groups is 1. The van der Waals surface area contributed by atoms with Gasteiger partial charge in [0.1, 0.15) is 5.78 Å². The first kappa shape index (κ1) is 13.3. The molecule has 1 fully saturated rings. The fourth-order valence-corrected chi connectivity index (χ4v) is 4.03. The second kappa shape index (κ2) is 6.69. The summed E-state index contributed by atoms with van der Waals surface area (Å²) in [5, 5.41) is 2.05. The third kappa shape index (κ3) is 3.92. The first-order valence-corrected chi connectivity index (χ1v) is 8.19. The number of Topliss-reactive ketones (excluding diaryl/α,β-unsaturated/α-hetero) is 1. The molecule has 0 unspecified atom stereocenters. The number of hydrogen-bond acceptors (Lipinski definition) is 2. The van der Waals surface area contributed by atoms with Crippen LogP contribution in [-0.2, 0) is 11.2 Å². The minimum absolute atomic E-state index is 0.323. The van der Waals surface area contributed by atoms with E-state index in [9.17, 15) is 4.79 Å². The molecule has 3 heteroatoms. The van der Waals surface area contributed by atoms with Crippen LogP contribution < -0.4 is 0 Å². The van der Waals surface area contributed by atoms with Crippen LogP contribution in [0.2, 0.25) is 0 Å². The Morgan fingerprint density at radius 3 is 2.47 bits per heavy atom. The molecular weight excluding hydrogens is 296 g/mol. The molecule has 0 N–H and O–H groups in total. The quantitative estimate of drug-likeness (QED) is 0.768. The largest absolute Gasteiger partial charge is 0.299 e. The van der Waals surface area contributed by atoms with E-state index in [1.807, 2.05) is 11.4 Å². The van der Waals surface area contributed by atoms with Gasteiger partial charge >= 0.3 is 0 Å². The monoisotopic (exact) mass is 314 g/mol. The first-order valence-electron chi connectivity index (χ1n) is 6.52. The Bertz CT molecular complexity index is 364. The topological polar surface area (TPSA) is 17.1 Å². The number of ketones is 1. The maximum atomic E-state index is 12.3. The van der Waals surface area contributed by atoms with Crippen molar-refractivity contribution in [1.29, 1.82) is 0 Å². The normalized spacial score (nSPS) is 18.6. The molecule has 0 saturated heterocycles. The number of rotatable bonds is 3. The summed E-state index contributed by atoms with van der Waals surface area (Å²) in [7, 11) is 0. The van der Waals surface area contributed by atoms with E-state index in [-0.39, 0.29) is 0 Å². The molecule has 17 heavy (non-hydrogen) atoms. The summed E-state index contributed by atoms with van der Waals surface area (Å²) in [6.07, 6.45) is 9.31. The van der Waals surface area contributed by atoms with Gasteiger partial charge in [0, 0.05) is 21.7 Å². The van der Waals surface area contributed by atoms with Crippen molar-refractivity contribution in [3.05, 3.63) is 20.8 Å². The smallest absolute Gasteiger partial charge is 0.141 e. The molecule has 0 radical (unpaired) electrons. The minimum atomic E-state index is 0.323. The Kier molecular flexibility index (Phi) is 5.23.